The Balaban J connectivity index is 1.55. The molecule has 2 saturated heterocycles. The highest BCUT2D eigenvalue weighted by Crippen LogP contribution is 2.37. The summed E-state index contributed by atoms with van der Waals surface area (Å²) in [6, 6.07) is 10.2. The second-order valence-electron chi connectivity index (χ2n) is 9.67. The number of morpholine rings is 1. The summed E-state index contributed by atoms with van der Waals surface area (Å²) >= 11 is 6.59. The molecule has 2 fully saturated rings. The van der Waals surface area contributed by atoms with Gasteiger partial charge in [-0.25, -0.2) is 0 Å². The molecule has 2 aliphatic heterocycles. The highest BCUT2D eigenvalue weighted by atomic mass is 32.2. The lowest BCUT2D eigenvalue weighted by molar-refractivity contribution is -0.138. The summed E-state index contributed by atoms with van der Waals surface area (Å²) in [6.45, 7) is 4.40. The molecule has 0 unspecified atom stereocenters. The van der Waals surface area contributed by atoms with Crippen molar-refractivity contribution in [1.29, 1.82) is 0 Å². The van der Waals surface area contributed by atoms with E-state index in [0.29, 0.717) is 83.8 Å². The summed E-state index contributed by atoms with van der Waals surface area (Å²) in [5.41, 5.74) is 0.760. The molecule has 4 rings (SSSR count). The number of unbranched alkanes of at least 4 members (excludes halogenated alkanes) is 2. The average molecular weight is 609 g/mol. The Labute approximate surface area is 246 Å². The number of thiocarbonyl (C=S) groups is 1. The van der Waals surface area contributed by atoms with Gasteiger partial charge in [0, 0.05) is 38.2 Å². The fourth-order valence-corrected chi connectivity index (χ4v) is 5.81. The topological polar surface area (TPSA) is 79.3 Å². The SMILES string of the molecule is O=C(O)CCCCCN1C(=O)/C(=C/c2cc(-c3cccc(C(F)(F)F)c3)ccc2OCCN2CCOCC2)SC1=S. The quantitative estimate of drug-likeness (QED) is 0.181. The van der Waals surface area contributed by atoms with Gasteiger partial charge >= 0.3 is 12.1 Å². The van der Waals surface area contributed by atoms with Gasteiger partial charge in [0.2, 0.25) is 0 Å². The third-order valence-corrected chi connectivity index (χ3v) is 8.11. The smallest absolute Gasteiger partial charge is 0.416 e. The number of thioether (sulfide) groups is 1. The lowest BCUT2D eigenvalue weighted by Crippen LogP contribution is -2.38. The van der Waals surface area contributed by atoms with E-state index in [9.17, 15) is 22.8 Å². The lowest BCUT2D eigenvalue weighted by atomic mass is 10.00. The maximum Gasteiger partial charge on any atom is 0.416 e. The number of carboxylic acids is 1. The van der Waals surface area contributed by atoms with E-state index in [2.05, 4.69) is 4.90 Å². The van der Waals surface area contributed by atoms with E-state index >= 15 is 0 Å². The van der Waals surface area contributed by atoms with Crippen molar-refractivity contribution in [3.05, 3.63) is 58.5 Å². The third-order valence-electron chi connectivity index (χ3n) is 6.73. The maximum atomic E-state index is 13.3. The normalized spacial score (nSPS) is 17.4. The van der Waals surface area contributed by atoms with E-state index in [1.165, 1.54) is 11.0 Å². The highest BCUT2D eigenvalue weighted by Gasteiger charge is 2.32. The Morgan fingerprint density at radius 1 is 1.07 bits per heavy atom. The van der Waals surface area contributed by atoms with E-state index in [1.54, 1.807) is 30.3 Å². The van der Waals surface area contributed by atoms with E-state index < -0.39 is 17.7 Å². The first-order chi connectivity index (χ1) is 19.6. The van der Waals surface area contributed by atoms with Gasteiger partial charge in [0.1, 0.15) is 16.7 Å². The van der Waals surface area contributed by atoms with E-state index in [1.807, 2.05) is 0 Å². The number of ether oxygens (including phenoxy) is 2. The van der Waals surface area contributed by atoms with Crippen LogP contribution in [0.1, 0.15) is 36.8 Å². The van der Waals surface area contributed by atoms with Gasteiger partial charge in [-0.2, -0.15) is 13.2 Å². The average Bonchev–Trinajstić information content (AvgIpc) is 3.21. The Kier molecular flexibility index (Phi) is 10.8. The molecule has 2 aliphatic rings. The molecule has 0 aromatic heterocycles. The lowest BCUT2D eigenvalue weighted by Gasteiger charge is -2.26. The van der Waals surface area contributed by atoms with Crippen LogP contribution < -0.4 is 4.74 Å². The van der Waals surface area contributed by atoms with Crippen molar-refractivity contribution in [1.82, 2.24) is 9.80 Å². The van der Waals surface area contributed by atoms with Gasteiger partial charge in [-0.3, -0.25) is 19.4 Å². The van der Waals surface area contributed by atoms with Crippen LogP contribution >= 0.6 is 24.0 Å². The number of nitrogens with zero attached hydrogens (tertiary/aromatic N) is 2. The van der Waals surface area contributed by atoms with Crippen LogP contribution in [0.3, 0.4) is 0 Å². The van der Waals surface area contributed by atoms with Crippen molar-refractivity contribution in [2.24, 2.45) is 0 Å². The molecule has 7 nitrogen and oxygen atoms in total. The summed E-state index contributed by atoms with van der Waals surface area (Å²) in [4.78, 5) is 28.0. The van der Waals surface area contributed by atoms with Crippen molar-refractivity contribution < 1.29 is 37.3 Å². The second-order valence-corrected chi connectivity index (χ2v) is 11.3. The number of hydrogen-bond donors (Lipinski definition) is 1. The molecule has 2 heterocycles. The second kappa shape index (κ2) is 14.3. The van der Waals surface area contributed by atoms with Crippen LogP contribution in [-0.2, 0) is 20.5 Å². The molecule has 1 N–H and O–H groups in total. The zero-order valence-corrected chi connectivity index (χ0v) is 24.0. The number of benzene rings is 2. The first-order valence-corrected chi connectivity index (χ1v) is 14.6. The van der Waals surface area contributed by atoms with Crippen LogP contribution in [0.2, 0.25) is 0 Å². The van der Waals surface area contributed by atoms with Crippen LogP contribution in [-0.4, -0.2) is 77.1 Å². The molecular weight excluding hydrogens is 577 g/mol. The first kappa shape index (κ1) is 31.0. The predicted molar refractivity (Wildman–Crippen MR) is 156 cm³/mol. The molecule has 0 radical (unpaired) electrons. The predicted octanol–water partition coefficient (Wildman–Crippen LogP) is 5.93. The third kappa shape index (κ3) is 8.78. The zero-order chi connectivity index (χ0) is 29.4. The Hall–Kier alpha value is -2.93. The molecule has 2 aromatic carbocycles. The van der Waals surface area contributed by atoms with Crippen molar-refractivity contribution >= 4 is 46.3 Å². The maximum absolute atomic E-state index is 13.3. The molecule has 0 aliphatic carbocycles. The molecule has 0 saturated carbocycles. The van der Waals surface area contributed by atoms with Gasteiger partial charge in [0.15, 0.2) is 0 Å². The number of hydrogen-bond acceptors (Lipinski definition) is 7. The molecule has 0 spiro atoms. The van der Waals surface area contributed by atoms with Gasteiger partial charge in [0.25, 0.3) is 5.91 Å². The summed E-state index contributed by atoms with van der Waals surface area (Å²) in [6.07, 6.45) is -0.924. The number of rotatable bonds is 12. The number of alkyl halides is 3. The van der Waals surface area contributed by atoms with Gasteiger partial charge in [-0.05, 0) is 54.3 Å². The van der Waals surface area contributed by atoms with Gasteiger partial charge in [0.05, 0.1) is 23.7 Å². The molecule has 1 amide bonds. The van der Waals surface area contributed by atoms with Gasteiger partial charge in [-0.15, -0.1) is 0 Å². The van der Waals surface area contributed by atoms with E-state index in [-0.39, 0.29) is 12.3 Å². The first-order valence-electron chi connectivity index (χ1n) is 13.3. The number of carbonyl (C=O) groups is 2. The Morgan fingerprint density at radius 2 is 1.83 bits per heavy atom. The monoisotopic (exact) mass is 608 g/mol. The highest BCUT2D eigenvalue weighted by molar-refractivity contribution is 8.26. The fraction of sp³-hybridized carbons (Fsp3) is 0.414. The minimum atomic E-state index is -4.47. The standard InChI is InChI=1S/C29H31F3N2O5S2/c30-29(31,32)23-6-4-5-20(18-23)21-8-9-24(39-16-13-33-11-14-38-15-12-33)22(17-21)19-25-27(37)34(28(40)41-25)10-3-1-2-7-26(35)36/h4-6,8-9,17-19H,1-3,7,10-16H2,(H,35,36)/b25-19-. The molecule has 0 bridgehead atoms. The van der Waals surface area contributed by atoms with Crippen molar-refractivity contribution in [3.8, 4) is 16.9 Å². The van der Waals surface area contributed by atoms with Crippen molar-refractivity contribution in [2.75, 3.05) is 46.0 Å². The molecule has 41 heavy (non-hydrogen) atoms. The van der Waals surface area contributed by atoms with Crippen molar-refractivity contribution in [2.45, 2.75) is 31.9 Å². The number of halogens is 3. The van der Waals surface area contributed by atoms with Gasteiger partial charge in [-0.1, -0.05) is 48.6 Å². The van der Waals surface area contributed by atoms with Crippen molar-refractivity contribution in [3.63, 3.8) is 0 Å². The zero-order valence-electron chi connectivity index (χ0n) is 22.3. The Bertz CT molecular complexity index is 1300. The van der Waals surface area contributed by atoms with E-state index in [0.717, 1.165) is 37.0 Å². The Morgan fingerprint density at radius 3 is 2.56 bits per heavy atom. The summed E-state index contributed by atoms with van der Waals surface area (Å²) in [5.74, 6) is -0.608. The van der Waals surface area contributed by atoms with Crippen LogP contribution in [0, 0.1) is 0 Å². The fourth-order valence-electron chi connectivity index (χ4n) is 4.51. The number of carbonyl (C=O) groups excluding carboxylic acids is 1. The van der Waals surface area contributed by atoms with Crippen LogP contribution in [0.4, 0.5) is 13.2 Å². The summed E-state index contributed by atoms with van der Waals surface area (Å²) < 4.78 is 51.9. The number of aliphatic carboxylic acids is 1. The van der Waals surface area contributed by atoms with Crippen LogP contribution in [0.5, 0.6) is 5.75 Å². The number of amides is 1. The molecule has 0 atom stereocenters. The van der Waals surface area contributed by atoms with Crippen LogP contribution in [0.25, 0.3) is 17.2 Å². The molecule has 220 valence electrons. The largest absolute Gasteiger partial charge is 0.492 e. The summed E-state index contributed by atoms with van der Waals surface area (Å²) in [5, 5.41) is 8.80. The summed E-state index contributed by atoms with van der Waals surface area (Å²) in [7, 11) is 0. The molecule has 2 aromatic rings. The number of carboxylic acid groups (broad SMARTS) is 1. The molecular formula is C29H31F3N2O5S2. The minimum Gasteiger partial charge on any atom is -0.492 e. The van der Waals surface area contributed by atoms with Crippen LogP contribution in [0.15, 0.2) is 47.4 Å². The van der Waals surface area contributed by atoms with E-state index in [4.69, 9.17) is 26.8 Å². The molecule has 12 heteroatoms. The minimum absolute atomic E-state index is 0.0782. The van der Waals surface area contributed by atoms with Gasteiger partial charge < -0.3 is 14.6 Å².